The van der Waals surface area contributed by atoms with Crippen molar-refractivity contribution in [3.63, 3.8) is 0 Å². The van der Waals surface area contributed by atoms with Gasteiger partial charge in [0.2, 0.25) is 5.91 Å². The first-order chi connectivity index (χ1) is 12.0. The Kier molecular flexibility index (Phi) is 6.36. The number of nitrogens with one attached hydrogen (secondary N) is 1. The minimum atomic E-state index is -0.186. The Morgan fingerprint density at radius 3 is 2.52 bits per heavy atom. The molecule has 1 amide bonds. The summed E-state index contributed by atoms with van der Waals surface area (Å²) in [6.07, 6.45) is 0. The Hall–Kier alpha value is -1.11. The first-order valence-electron chi connectivity index (χ1n) is 8.29. The quantitative estimate of drug-likeness (QED) is 0.820. The van der Waals surface area contributed by atoms with Crippen molar-refractivity contribution in [3.8, 4) is 0 Å². The molecular formula is C18H21Cl2N3OS. The number of halogens is 2. The molecule has 1 N–H and O–H groups in total. The minimum Gasteiger partial charge on any atom is -0.323 e. The fraction of sp³-hybridized carbons (Fsp3) is 0.389. The van der Waals surface area contributed by atoms with Gasteiger partial charge in [0.15, 0.2) is 0 Å². The number of benzene rings is 1. The Labute approximate surface area is 162 Å². The largest absolute Gasteiger partial charge is 0.323 e. The molecule has 1 saturated heterocycles. The highest BCUT2D eigenvalue weighted by Gasteiger charge is 2.26. The van der Waals surface area contributed by atoms with Crippen LogP contribution >= 0.6 is 34.5 Å². The zero-order chi connectivity index (χ0) is 17.8. The monoisotopic (exact) mass is 397 g/mol. The van der Waals surface area contributed by atoms with E-state index in [9.17, 15) is 4.79 Å². The van der Waals surface area contributed by atoms with E-state index < -0.39 is 0 Å². The third-order valence-corrected chi connectivity index (χ3v) is 6.02. The SMILES string of the molecule is C[C@@H](C(=O)Nc1ccccc1Cl)N1CCN(Cc2ccc(Cl)s2)CC1. The second kappa shape index (κ2) is 8.52. The van der Waals surface area contributed by atoms with Crippen LogP contribution in [0.5, 0.6) is 0 Å². The van der Waals surface area contributed by atoms with Crippen molar-refractivity contribution in [2.75, 3.05) is 31.5 Å². The minimum absolute atomic E-state index is 0.0217. The molecule has 1 aliphatic heterocycles. The molecule has 0 bridgehead atoms. The summed E-state index contributed by atoms with van der Waals surface area (Å²) in [6.45, 7) is 6.50. The van der Waals surface area contributed by atoms with Gasteiger partial charge in [0.25, 0.3) is 0 Å². The molecule has 0 spiro atoms. The predicted molar refractivity (Wildman–Crippen MR) is 106 cm³/mol. The molecule has 1 fully saturated rings. The fourth-order valence-electron chi connectivity index (χ4n) is 2.93. The number of anilines is 1. The van der Waals surface area contributed by atoms with E-state index in [1.807, 2.05) is 31.2 Å². The number of rotatable bonds is 5. The van der Waals surface area contributed by atoms with Crippen molar-refractivity contribution in [1.82, 2.24) is 9.80 Å². The lowest BCUT2D eigenvalue weighted by Crippen LogP contribution is -2.52. The van der Waals surface area contributed by atoms with Crippen LogP contribution in [0, 0.1) is 0 Å². The van der Waals surface area contributed by atoms with Crippen molar-refractivity contribution in [1.29, 1.82) is 0 Å². The summed E-state index contributed by atoms with van der Waals surface area (Å²) in [5.41, 5.74) is 0.661. The van der Waals surface area contributed by atoms with Crippen LogP contribution in [0.1, 0.15) is 11.8 Å². The van der Waals surface area contributed by atoms with Gasteiger partial charge >= 0.3 is 0 Å². The maximum absolute atomic E-state index is 12.5. The van der Waals surface area contributed by atoms with Gasteiger partial charge in [-0.1, -0.05) is 35.3 Å². The topological polar surface area (TPSA) is 35.6 Å². The number of amides is 1. The van der Waals surface area contributed by atoms with E-state index in [1.165, 1.54) is 4.88 Å². The zero-order valence-corrected chi connectivity index (χ0v) is 16.4. The lowest BCUT2D eigenvalue weighted by molar-refractivity contribution is -0.121. The Balaban J connectivity index is 1.50. The van der Waals surface area contributed by atoms with Crippen LogP contribution in [-0.4, -0.2) is 47.9 Å². The van der Waals surface area contributed by atoms with Crippen LogP contribution in [0.2, 0.25) is 9.36 Å². The van der Waals surface area contributed by atoms with Gasteiger partial charge in [-0.15, -0.1) is 11.3 Å². The molecule has 1 aromatic heterocycles. The average molecular weight is 398 g/mol. The van der Waals surface area contributed by atoms with E-state index in [2.05, 4.69) is 21.2 Å². The lowest BCUT2D eigenvalue weighted by Gasteiger charge is -2.37. The molecule has 0 saturated carbocycles. The molecule has 0 unspecified atom stereocenters. The molecule has 134 valence electrons. The third kappa shape index (κ3) is 4.96. The number of thiophene rings is 1. The molecule has 3 rings (SSSR count). The summed E-state index contributed by atoms with van der Waals surface area (Å²) >= 11 is 13.7. The first kappa shape index (κ1) is 18.7. The zero-order valence-electron chi connectivity index (χ0n) is 14.0. The van der Waals surface area contributed by atoms with Gasteiger partial charge in [-0.2, -0.15) is 0 Å². The van der Waals surface area contributed by atoms with E-state index in [0.29, 0.717) is 10.7 Å². The molecule has 7 heteroatoms. The third-order valence-electron chi connectivity index (χ3n) is 4.47. The van der Waals surface area contributed by atoms with Crippen LogP contribution in [0.25, 0.3) is 0 Å². The van der Waals surface area contributed by atoms with Crippen LogP contribution < -0.4 is 5.32 Å². The van der Waals surface area contributed by atoms with Gasteiger partial charge in [-0.05, 0) is 31.2 Å². The van der Waals surface area contributed by atoms with E-state index in [-0.39, 0.29) is 11.9 Å². The van der Waals surface area contributed by atoms with E-state index >= 15 is 0 Å². The van der Waals surface area contributed by atoms with Gasteiger partial charge in [0.1, 0.15) is 0 Å². The highest BCUT2D eigenvalue weighted by Crippen LogP contribution is 2.24. The number of carbonyl (C=O) groups excluding carboxylic acids is 1. The molecule has 0 aliphatic carbocycles. The van der Waals surface area contributed by atoms with Crippen molar-refractivity contribution < 1.29 is 4.79 Å². The second-order valence-corrected chi connectivity index (χ2v) is 8.37. The number of piperazine rings is 1. The van der Waals surface area contributed by atoms with Crippen molar-refractivity contribution in [2.45, 2.75) is 19.5 Å². The van der Waals surface area contributed by atoms with Crippen LogP contribution in [0.15, 0.2) is 36.4 Å². The number of para-hydroxylation sites is 1. The van der Waals surface area contributed by atoms with Crippen molar-refractivity contribution in [2.24, 2.45) is 0 Å². The normalized spacial score (nSPS) is 17.4. The van der Waals surface area contributed by atoms with E-state index in [1.54, 1.807) is 17.4 Å². The van der Waals surface area contributed by atoms with E-state index in [4.69, 9.17) is 23.2 Å². The summed E-state index contributed by atoms with van der Waals surface area (Å²) in [7, 11) is 0. The predicted octanol–water partition coefficient (Wildman–Crippen LogP) is 4.20. The van der Waals surface area contributed by atoms with Gasteiger partial charge in [0, 0.05) is 37.6 Å². The lowest BCUT2D eigenvalue weighted by atomic mass is 10.2. The summed E-state index contributed by atoms with van der Waals surface area (Å²) in [5, 5.41) is 3.48. The van der Waals surface area contributed by atoms with Gasteiger partial charge < -0.3 is 5.32 Å². The van der Waals surface area contributed by atoms with Crippen LogP contribution in [0.4, 0.5) is 5.69 Å². The highest BCUT2D eigenvalue weighted by atomic mass is 35.5. The molecule has 2 heterocycles. The van der Waals surface area contributed by atoms with Gasteiger partial charge in [0.05, 0.1) is 21.1 Å². The smallest absolute Gasteiger partial charge is 0.241 e. The fourth-order valence-corrected chi connectivity index (χ4v) is 4.24. The Morgan fingerprint density at radius 2 is 1.88 bits per heavy atom. The average Bonchev–Trinajstić information content (AvgIpc) is 3.02. The first-order valence-corrected chi connectivity index (χ1v) is 9.86. The molecule has 4 nitrogen and oxygen atoms in total. The molecule has 2 aromatic rings. The number of hydrogen-bond acceptors (Lipinski definition) is 4. The molecule has 25 heavy (non-hydrogen) atoms. The summed E-state index contributed by atoms with van der Waals surface area (Å²) < 4.78 is 0.832. The maximum atomic E-state index is 12.5. The molecule has 1 atom stereocenters. The Morgan fingerprint density at radius 1 is 1.16 bits per heavy atom. The van der Waals surface area contributed by atoms with Crippen LogP contribution in [-0.2, 0) is 11.3 Å². The number of carbonyl (C=O) groups is 1. The summed E-state index contributed by atoms with van der Waals surface area (Å²) in [4.78, 5) is 18.4. The van der Waals surface area contributed by atoms with Crippen molar-refractivity contribution >= 4 is 46.1 Å². The maximum Gasteiger partial charge on any atom is 0.241 e. The Bertz CT molecular complexity index is 729. The molecule has 1 aromatic carbocycles. The van der Waals surface area contributed by atoms with Gasteiger partial charge in [-0.25, -0.2) is 0 Å². The number of nitrogens with zero attached hydrogens (tertiary/aromatic N) is 2. The standard InChI is InChI=1S/C18H21Cl2N3OS/c1-13(18(24)21-16-5-3-2-4-15(16)19)23-10-8-22(9-11-23)12-14-6-7-17(20)25-14/h2-7,13H,8-12H2,1H3,(H,21,24)/t13-/m0/s1. The molecular weight excluding hydrogens is 377 g/mol. The molecule has 0 radical (unpaired) electrons. The van der Waals surface area contributed by atoms with E-state index in [0.717, 1.165) is 37.1 Å². The van der Waals surface area contributed by atoms with Gasteiger partial charge in [-0.3, -0.25) is 14.6 Å². The summed E-state index contributed by atoms with van der Waals surface area (Å²) in [6, 6.07) is 11.1. The molecule has 1 aliphatic rings. The summed E-state index contributed by atoms with van der Waals surface area (Å²) in [5.74, 6) is -0.0217. The number of hydrogen-bond donors (Lipinski definition) is 1. The van der Waals surface area contributed by atoms with Crippen molar-refractivity contribution in [3.05, 3.63) is 50.6 Å². The second-order valence-electron chi connectivity index (χ2n) is 6.16. The van der Waals surface area contributed by atoms with Crippen LogP contribution in [0.3, 0.4) is 0 Å². The highest BCUT2D eigenvalue weighted by molar-refractivity contribution is 7.16.